The Balaban J connectivity index is 1.43. The monoisotopic (exact) mass is 523 g/mol. The summed E-state index contributed by atoms with van der Waals surface area (Å²) in [5.74, 6) is 0.376. The first-order valence-corrected chi connectivity index (χ1v) is 12.8. The quantitative estimate of drug-likeness (QED) is 0.219. The Morgan fingerprint density at radius 2 is 1.63 bits per heavy atom. The second-order valence-corrected chi connectivity index (χ2v) is 9.73. The Hall–Kier alpha value is -4.56. The SMILES string of the molecule is CC(C(=O)OC1=C(C(=O)Nc2ccccn2)N(C)Sc2ccccc21)c1cccc(Oc2ccccc2)c1. The van der Waals surface area contributed by atoms with Gasteiger partial charge in [0.1, 0.15) is 17.3 Å². The van der Waals surface area contributed by atoms with Gasteiger partial charge in [0.2, 0.25) is 0 Å². The molecule has 1 aliphatic rings. The molecule has 0 saturated carbocycles. The van der Waals surface area contributed by atoms with Gasteiger partial charge in [0.25, 0.3) is 5.91 Å². The van der Waals surface area contributed by atoms with Crippen molar-refractivity contribution in [1.29, 1.82) is 0 Å². The fourth-order valence-electron chi connectivity index (χ4n) is 3.96. The van der Waals surface area contributed by atoms with E-state index in [1.165, 1.54) is 11.9 Å². The molecule has 3 aromatic carbocycles. The lowest BCUT2D eigenvalue weighted by molar-refractivity contribution is -0.138. The molecule has 8 heteroatoms. The number of carbonyl (C=O) groups is 2. The van der Waals surface area contributed by atoms with Crippen molar-refractivity contribution in [3.8, 4) is 11.5 Å². The van der Waals surface area contributed by atoms with Crippen molar-refractivity contribution >= 4 is 35.4 Å². The van der Waals surface area contributed by atoms with Gasteiger partial charge in [0.15, 0.2) is 11.5 Å². The van der Waals surface area contributed by atoms with E-state index in [9.17, 15) is 9.59 Å². The Morgan fingerprint density at radius 3 is 2.42 bits per heavy atom. The van der Waals surface area contributed by atoms with Crippen LogP contribution in [0.25, 0.3) is 5.76 Å². The van der Waals surface area contributed by atoms with Gasteiger partial charge in [-0.05, 0) is 73.0 Å². The van der Waals surface area contributed by atoms with E-state index in [1.54, 1.807) is 42.7 Å². The molecule has 1 amide bonds. The van der Waals surface area contributed by atoms with E-state index in [-0.39, 0.29) is 11.5 Å². The zero-order valence-corrected chi connectivity index (χ0v) is 21.6. The number of pyridine rings is 1. The minimum Gasteiger partial charge on any atom is -0.457 e. The van der Waals surface area contributed by atoms with Gasteiger partial charge in [-0.3, -0.25) is 9.59 Å². The van der Waals surface area contributed by atoms with Crippen LogP contribution in [0.1, 0.15) is 24.0 Å². The lowest BCUT2D eigenvalue weighted by Crippen LogP contribution is -2.29. The minimum absolute atomic E-state index is 0.198. The molecule has 190 valence electrons. The molecule has 1 atom stereocenters. The van der Waals surface area contributed by atoms with Crippen LogP contribution in [0.5, 0.6) is 11.5 Å². The Morgan fingerprint density at radius 1 is 0.895 bits per heavy atom. The lowest BCUT2D eigenvalue weighted by Gasteiger charge is -2.29. The maximum absolute atomic E-state index is 13.5. The summed E-state index contributed by atoms with van der Waals surface area (Å²) in [6.45, 7) is 1.77. The van der Waals surface area contributed by atoms with E-state index < -0.39 is 17.8 Å². The highest BCUT2D eigenvalue weighted by molar-refractivity contribution is 7.97. The number of benzene rings is 3. The molecule has 0 radical (unpaired) electrons. The molecule has 7 nitrogen and oxygen atoms in total. The maximum atomic E-state index is 13.5. The number of hydrogen-bond donors (Lipinski definition) is 1. The topological polar surface area (TPSA) is 80.8 Å². The molecule has 0 bridgehead atoms. The molecule has 1 aromatic heterocycles. The van der Waals surface area contributed by atoms with Crippen LogP contribution in [0.2, 0.25) is 0 Å². The minimum atomic E-state index is -0.617. The molecule has 0 fully saturated rings. The highest BCUT2D eigenvalue weighted by Gasteiger charge is 2.32. The predicted octanol–water partition coefficient (Wildman–Crippen LogP) is 6.48. The number of carbonyl (C=O) groups excluding carboxylic acids is 2. The second-order valence-electron chi connectivity index (χ2n) is 8.56. The molecule has 1 unspecified atom stereocenters. The van der Waals surface area contributed by atoms with E-state index in [0.717, 1.165) is 10.5 Å². The summed E-state index contributed by atoms with van der Waals surface area (Å²) in [6.07, 6.45) is 1.59. The van der Waals surface area contributed by atoms with Gasteiger partial charge in [-0.1, -0.05) is 48.5 Å². The predicted molar refractivity (Wildman–Crippen MR) is 147 cm³/mol. The third-order valence-electron chi connectivity index (χ3n) is 5.91. The molecule has 2 heterocycles. The molecule has 0 aliphatic carbocycles. The fourth-order valence-corrected chi connectivity index (χ4v) is 4.91. The fraction of sp³-hybridized carbons (Fsp3) is 0.100. The van der Waals surface area contributed by atoms with Crippen LogP contribution in [0.4, 0.5) is 5.82 Å². The maximum Gasteiger partial charge on any atom is 0.318 e. The summed E-state index contributed by atoms with van der Waals surface area (Å²) in [5.41, 5.74) is 1.62. The number of amides is 1. The summed E-state index contributed by atoms with van der Waals surface area (Å²) >= 11 is 1.38. The van der Waals surface area contributed by atoms with Crippen LogP contribution < -0.4 is 10.1 Å². The van der Waals surface area contributed by atoms with Gasteiger partial charge in [-0.15, -0.1) is 0 Å². The number of nitrogens with zero attached hydrogens (tertiary/aromatic N) is 2. The molecule has 4 aromatic rings. The number of esters is 1. The van der Waals surface area contributed by atoms with Crippen LogP contribution in [0.15, 0.2) is 114 Å². The Bertz CT molecular complexity index is 1490. The van der Waals surface area contributed by atoms with Crippen LogP contribution in [0.3, 0.4) is 0 Å². The molecule has 38 heavy (non-hydrogen) atoms. The van der Waals surface area contributed by atoms with Gasteiger partial charge in [-0.25, -0.2) is 4.98 Å². The standard InChI is InChI=1S/C30H25N3O4S/c1-20(21-11-10-14-23(19-21)36-22-12-4-3-5-13-22)30(35)37-28-24-15-6-7-16-25(24)38-33(2)27(28)29(34)32-26-17-8-9-18-31-26/h3-20H,1-2H3,(H,31,32,34). The highest BCUT2D eigenvalue weighted by Crippen LogP contribution is 2.41. The smallest absolute Gasteiger partial charge is 0.318 e. The third-order valence-corrected chi connectivity index (χ3v) is 6.92. The molecular formula is C30H25N3O4S. The van der Waals surface area contributed by atoms with Crippen LogP contribution in [-0.4, -0.2) is 28.2 Å². The molecule has 0 spiro atoms. The van der Waals surface area contributed by atoms with Crippen molar-refractivity contribution in [3.63, 3.8) is 0 Å². The van der Waals surface area contributed by atoms with E-state index in [4.69, 9.17) is 9.47 Å². The van der Waals surface area contributed by atoms with Gasteiger partial charge in [0.05, 0.1) is 5.92 Å². The number of aromatic nitrogens is 1. The normalized spacial score (nSPS) is 13.4. The number of ether oxygens (including phenoxy) is 2. The van der Waals surface area contributed by atoms with Gasteiger partial charge >= 0.3 is 5.97 Å². The molecular weight excluding hydrogens is 498 g/mol. The molecule has 0 saturated heterocycles. The Labute approximate surface area is 225 Å². The summed E-state index contributed by atoms with van der Waals surface area (Å²) in [7, 11) is 1.76. The molecule has 5 rings (SSSR count). The first kappa shape index (κ1) is 25.1. The number of nitrogens with one attached hydrogen (secondary N) is 1. The first-order valence-electron chi connectivity index (χ1n) is 12.0. The number of fused-ring (bicyclic) bond motifs is 1. The summed E-state index contributed by atoms with van der Waals surface area (Å²) < 4.78 is 13.6. The largest absolute Gasteiger partial charge is 0.457 e. The number of rotatable bonds is 7. The highest BCUT2D eigenvalue weighted by atomic mass is 32.2. The summed E-state index contributed by atoms with van der Waals surface area (Å²) in [5, 5.41) is 2.80. The van der Waals surface area contributed by atoms with Gasteiger partial charge < -0.3 is 19.1 Å². The molecule has 1 N–H and O–H groups in total. The third kappa shape index (κ3) is 5.55. The number of anilines is 1. The second kappa shape index (κ2) is 11.2. The zero-order chi connectivity index (χ0) is 26.5. The van der Waals surface area contributed by atoms with Crippen molar-refractivity contribution in [3.05, 3.63) is 120 Å². The van der Waals surface area contributed by atoms with Crippen LogP contribution >= 0.6 is 11.9 Å². The number of hydrogen-bond acceptors (Lipinski definition) is 7. The Kier molecular flexibility index (Phi) is 7.42. The van der Waals surface area contributed by atoms with E-state index in [0.29, 0.717) is 22.9 Å². The van der Waals surface area contributed by atoms with E-state index >= 15 is 0 Å². The number of likely N-dealkylation sites (N-methyl/N-ethyl adjacent to an activating group) is 1. The van der Waals surface area contributed by atoms with Crippen LogP contribution in [0, 0.1) is 0 Å². The summed E-state index contributed by atoms with van der Waals surface area (Å²) in [6, 6.07) is 29.5. The van der Waals surface area contributed by atoms with Gasteiger partial charge in [0, 0.05) is 23.7 Å². The average Bonchev–Trinajstić information content (AvgIpc) is 2.93. The van der Waals surface area contributed by atoms with E-state index in [1.807, 2.05) is 78.9 Å². The average molecular weight is 524 g/mol. The van der Waals surface area contributed by atoms with Crippen molar-refractivity contribution < 1.29 is 19.1 Å². The summed E-state index contributed by atoms with van der Waals surface area (Å²) in [4.78, 5) is 31.9. The van der Waals surface area contributed by atoms with Gasteiger partial charge in [-0.2, -0.15) is 0 Å². The van der Waals surface area contributed by atoms with Crippen molar-refractivity contribution in [1.82, 2.24) is 9.29 Å². The molecule has 1 aliphatic heterocycles. The first-order chi connectivity index (χ1) is 18.5. The van der Waals surface area contributed by atoms with Crippen molar-refractivity contribution in [2.75, 3.05) is 12.4 Å². The van der Waals surface area contributed by atoms with Crippen molar-refractivity contribution in [2.24, 2.45) is 0 Å². The van der Waals surface area contributed by atoms with Crippen molar-refractivity contribution in [2.45, 2.75) is 17.7 Å². The zero-order valence-electron chi connectivity index (χ0n) is 20.8. The van der Waals surface area contributed by atoms with Crippen LogP contribution in [-0.2, 0) is 14.3 Å². The lowest BCUT2D eigenvalue weighted by atomic mass is 10.0. The van der Waals surface area contributed by atoms with E-state index in [2.05, 4.69) is 10.3 Å². The number of para-hydroxylation sites is 1.